The van der Waals surface area contributed by atoms with E-state index < -0.39 is 17.5 Å². The van der Waals surface area contributed by atoms with Gasteiger partial charge < -0.3 is 19.8 Å². The van der Waals surface area contributed by atoms with Crippen LogP contribution < -0.4 is 0 Å². The summed E-state index contributed by atoms with van der Waals surface area (Å²) in [7, 11) is 1.55. The fraction of sp³-hybridized carbons (Fsp3) is 0.800. The first-order valence-corrected chi connectivity index (χ1v) is 20.8. The molecule has 7 aliphatic rings. The molecule has 4 saturated carbocycles. The number of fused-ring (bicyclic) bond motifs is 7. The van der Waals surface area contributed by atoms with Gasteiger partial charge in [-0.25, -0.2) is 0 Å². The Morgan fingerprint density at radius 3 is 2.29 bits per heavy atom. The minimum absolute atomic E-state index is 0.00133. The lowest BCUT2D eigenvalue weighted by Gasteiger charge is -2.71. The van der Waals surface area contributed by atoms with Crippen LogP contribution in [0, 0.1) is 62.6 Å². The number of hydrogen-bond acceptors (Lipinski definition) is 5. The Balaban J connectivity index is 1.21. The molecule has 0 aliphatic heterocycles. The van der Waals surface area contributed by atoms with Gasteiger partial charge in [-0.15, -0.1) is 0 Å². The highest BCUT2D eigenvalue weighted by molar-refractivity contribution is 6.00. The van der Waals surface area contributed by atoms with E-state index in [9.17, 15) is 24.6 Å². The van der Waals surface area contributed by atoms with Crippen LogP contribution in [0.3, 0.4) is 0 Å². The quantitative estimate of drug-likeness (QED) is 0.235. The molecule has 9 atom stereocenters. The van der Waals surface area contributed by atoms with Crippen LogP contribution in [0.1, 0.15) is 132 Å². The van der Waals surface area contributed by atoms with Crippen LogP contribution in [0.15, 0.2) is 34.4 Å². The van der Waals surface area contributed by atoms with E-state index in [1.54, 1.807) is 7.11 Å². The van der Waals surface area contributed by atoms with Crippen molar-refractivity contribution in [1.29, 1.82) is 0 Å². The molecule has 0 aromatic heterocycles. The summed E-state index contributed by atoms with van der Waals surface area (Å²) in [5.41, 5.74) is 4.73. The number of allylic oxidation sites excluding steroid dienone is 5. The maximum atomic E-state index is 14.2. The van der Waals surface area contributed by atoms with E-state index in [1.807, 2.05) is 4.90 Å². The van der Waals surface area contributed by atoms with Crippen molar-refractivity contribution in [2.75, 3.05) is 26.8 Å². The molecule has 0 aromatic carbocycles. The molecule has 7 rings (SSSR count). The summed E-state index contributed by atoms with van der Waals surface area (Å²) in [4.78, 5) is 40.9. The number of carboxylic acids is 1. The van der Waals surface area contributed by atoms with Crippen molar-refractivity contribution in [3.05, 3.63) is 34.4 Å². The van der Waals surface area contributed by atoms with Crippen molar-refractivity contribution in [2.24, 2.45) is 62.6 Å². The predicted molar refractivity (Wildman–Crippen MR) is 203 cm³/mol. The molecule has 288 valence electrons. The van der Waals surface area contributed by atoms with E-state index in [0.29, 0.717) is 37.1 Å². The molecule has 0 saturated heterocycles. The SMILES string of the molecule is COCC(=O)N(CC1CC1)CC(O)C12CC[C@]3(C)[C@H](CC[C@@H]4[C@@]5(C)CC=C(C6=CCC(C(=O)O)CC6)C(C)(C)[C@@H]5CC[C@]43C)C1=C(C(C)C)C(=O)C2. The molecule has 1 amide bonds. The van der Waals surface area contributed by atoms with Gasteiger partial charge in [0.25, 0.3) is 0 Å². The van der Waals surface area contributed by atoms with E-state index in [0.717, 1.165) is 69.8 Å². The molecule has 52 heavy (non-hydrogen) atoms. The third kappa shape index (κ3) is 5.66. The van der Waals surface area contributed by atoms with Gasteiger partial charge in [-0.05, 0) is 145 Å². The molecule has 3 unspecified atom stereocenters. The number of carbonyl (C=O) groups is 3. The number of carboxylic acid groups (broad SMARTS) is 1. The monoisotopic (exact) mass is 717 g/mol. The van der Waals surface area contributed by atoms with Crippen molar-refractivity contribution in [2.45, 2.75) is 138 Å². The van der Waals surface area contributed by atoms with Crippen molar-refractivity contribution >= 4 is 17.7 Å². The summed E-state index contributed by atoms with van der Waals surface area (Å²) < 4.78 is 5.25. The summed E-state index contributed by atoms with van der Waals surface area (Å²) in [6.07, 6.45) is 16.2. The normalized spacial score (nSPS) is 40.2. The van der Waals surface area contributed by atoms with Crippen LogP contribution in [-0.4, -0.2) is 65.7 Å². The highest BCUT2D eigenvalue weighted by atomic mass is 16.5. The maximum Gasteiger partial charge on any atom is 0.306 e. The van der Waals surface area contributed by atoms with Crippen LogP contribution in [0.4, 0.5) is 0 Å². The number of rotatable bonds is 10. The zero-order valence-corrected chi connectivity index (χ0v) is 33.5. The number of aliphatic carboxylic acids is 1. The van der Waals surface area contributed by atoms with Crippen LogP contribution in [0.2, 0.25) is 0 Å². The zero-order chi connectivity index (χ0) is 37.6. The number of aliphatic hydroxyl groups excluding tert-OH is 1. The molecule has 0 bridgehead atoms. The minimum Gasteiger partial charge on any atom is -0.481 e. The second kappa shape index (κ2) is 13.2. The Morgan fingerprint density at radius 1 is 0.942 bits per heavy atom. The van der Waals surface area contributed by atoms with Gasteiger partial charge in [0.1, 0.15) is 6.61 Å². The lowest BCUT2D eigenvalue weighted by molar-refractivity contribution is -0.202. The topological polar surface area (TPSA) is 104 Å². The van der Waals surface area contributed by atoms with E-state index >= 15 is 0 Å². The smallest absolute Gasteiger partial charge is 0.306 e. The van der Waals surface area contributed by atoms with Crippen LogP contribution in [0.5, 0.6) is 0 Å². The van der Waals surface area contributed by atoms with E-state index in [-0.39, 0.29) is 64.3 Å². The first-order valence-electron chi connectivity index (χ1n) is 20.8. The second-order valence-electron chi connectivity index (χ2n) is 20.1. The second-order valence-corrected chi connectivity index (χ2v) is 20.1. The predicted octanol–water partition coefficient (Wildman–Crippen LogP) is 8.56. The Morgan fingerprint density at radius 2 is 1.67 bits per heavy atom. The maximum absolute atomic E-state index is 14.2. The lowest BCUT2D eigenvalue weighted by atomic mass is 9.33. The van der Waals surface area contributed by atoms with Gasteiger partial charge in [-0.2, -0.15) is 0 Å². The fourth-order valence-electron chi connectivity index (χ4n) is 14.0. The molecule has 7 nitrogen and oxygen atoms in total. The average Bonchev–Trinajstić information content (AvgIpc) is 3.84. The largest absolute Gasteiger partial charge is 0.481 e. The molecule has 7 heteroatoms. The average molecular weight is 718 g/mol. The number of ether oxygens (including phenoxy) is 1. The standard InChI is InChI=1S/C45H67NO6/c1-27(2)38-33(47)23-45(36(48)25-46(24-28-9-10-28)37(49)26-52-8)22-21-43(6)32(39(38)45)15-16-35-42(5)19-17-31(29-11-13-30(14-12-29)40(50)51)41(3,4)34(42)18-20-44(35,43)7/h11,17,27-28,30,32,34-36,48H,9-10,12-16,18-26H2,1-8H3,(H,50,51)/t30?,32-,34+,35-,36?,42+,43-,44-,45?/m1/s1. The van der Waals surface area contributed by atoms with E-state index in [1.165, 1.54) is 23.1 Å². The summed E-state index contributed by atoms with van der Waals surface area (Å²) in [6.45, 7) is 17.9. The first-order chi connectivity index (χ1) is 24.4. The Labute approximate surface area is 313 Å². The molecule has 4 fully saturated rings. The summed E-state index contributed by atoms with van der Waals surface area (Å²) in [6, 6.07) is 0. The molecule has 7 aliphatic carbocycles. The summed E-state index contributed by atoms with van der Waals surface area (Å²) in [5.74, 6) is 1.14. The van der Waals surface area contributed by atoms with Crippen molar-refractivity contribution in [1.82, 2.24) is 4.90 Å². The number of Topliss-reactive ketones (excluding diaryl/α,β-unsaturated/α-hetero) is 1. The first kappa shape index (κ1) is 38.0. The third-order valence-electron chi connectivity index (χ3n) is 17.0. The Hall–Kier alpha value is -2.25. The third-order valence-corrected chi connectivity index (χ3v) is 17.0. The number of carbonyl (C=O) groups excluding carboxylic acids is 2. The number of amides is 1. The molecule has 0 radical (unpaired) electrons. The highest BCUT2D eigenvalue weighted by Crippen LogP contribution is 2.77. The van der Waals surface area contributed by atoms with E-state index in [2.05, 4.69) is 60.6 Å². The minimum atomic E-state index is -0.784. The van der Waals surface area contributed by atoms with Gasteiger partial charge in [0.2, 0.25) is 5.91 Å². The molecule has 0 heterocycles. The number of ketones is 1. The number of hydrogen-bond donors (Lipinski definition) is 2. The molecule has 0 aromatic rings. The number of aliphatic hydroxyl groups is 1. The summed E-state index contributed by atoms with van der Waals surface area (Å²) >= 11 is 0. The van der Waals surface area contributed by atoms with E-state index in [4.69, 9.17) is 4.74 Å². The number of methoxy groups -OCH3 is 1. The Kier molecular flexibility index (Phi) is 9.66. The van der Waals surface area contributed by atoms with Gasteiger partial charge in [-0.1, -0.05) is 66.2 Å². The number of nitrogens with zero attached hydrogens (tertiary/aromatic N) is 1. The van der Waals surface area contributed by atoms with Crippen LogP contribution in [0.25, 0.3) is 0 Å². The van der Waals surface area contributed by atoms with Gasteiger partial charge in [-0.3, -0.25) is 14.4 Å². The molecule has 2 N–H and O–H groups in total. The van der Waals surface area contributed by atoms with Gasteiger partial charge in [0, 0.05) is 32.0 Å². The lowest BCUT2D eigenvalue weighted by Crippen LogP contribution is -2.65. The molecule has 0 spiro atoms. The summed E-state index contributed by atoms with van der Waals surface area (Å²) in [5, 5.41) is 22.0. The molecular weight excluding hydrogens is 650 g/mol. The Bertz CT molecular complexity index is 1580. The molecular formula is C45H67NO6. The van der Waals surface area contributed by atoms with Crippen molar-refractivity contribution in [3.8, 4) is 0 Å². The fourth-order valence-corrected chi connectivity index (χ4v) is 14.0. The zero-order valence-electron chi connectivity index (χ0n) is 33.5. The van der Waals surface area contributed by atoms with Gasteiger partial charge >= 0.3 is 5.97 Å². The van der Waals surface area contributed by atoms with Gasteiger partial charge in [0.15, 0.2) is 5.78 Å². The van der Waals surface area contributed by atoms with Crippen molar-refractivity contribution < 1.29 is 29.3 Å². The van der Waals surface area contributed by atoms with Crippen LogP contribution in [-0.2, 0) is 19.1 Å². The van der Waals surface area contributed by atoms with Gasteiger partial charge in [0.05, 0.1) is 12.0 Å². The highest BCUT2D eigenvalue weighted by Gasteiger charge is 2.70. The van der Waals surface area contributed by atoms with Crippen molar-refractivity contribution in [3.63, 3.8) is 0 Å². The van der Waals surface area contributed by atoms with Crippen LogP contribution >= 0.6 is 0 Å².